The number of carbonyl (C=O) groups is 2. The molecule has 1 amide bonds. The van der Waals surface area contributed by atoms with Crippen molar-refractivity contribution in [2.45, 2.75) is 25.3 Å². The maximum atomic E-state index is 11.4. The van der Waals surface area contributed by atoms with Crippen LogP contribution in [0.4, 0.5) is 0 Å². The van der Waals surface area contributed by atoms with Gasteiger partial charge in [-0.1, -0.05) is 0 Å². The van der Waals surface area contributed by atoms with Crippen molar-refractivity contribution in [1.82, 2.24) is 9.80 Å². The summed E-state index contributed by atoms with van der Waals surface area (Å²) in [5, 5.41) is 8.50. The minimum Gasteiger partial charge on any atom is -0.481 e. The molecule has 0 bridgehead atoms. The standard InChI is InChI=1S/C10H18N2O3/c1-11(2)8-3-5-12(6-4-8)9(13)7-10(14)15/h8H,3-7H2,1-2H3,(H,14,15). The van der Waals surface area contributed by atoms with Crippen LogP contribution in [-0.2, 0) is 9.59 Å². The Morgan fingerprint density at radius 2 is 1.87 bits per heavy atom. The monoisotopic (exact) mass is 214 g/mol. The summed E-state index contributed by atoms with van der Waals surface area (Å²) >= 11 is 0. The summed E-state index contributed by atoms with van der Waals surface area (Å²) in [5.41, 5.74) is 0. The molecule has 1 aliphatic rings. The molecule has 1 saturated heterocycles. The zero-order valence-corrected chi connectivity index (χ0v) is 9.27. The molecule has 0 saturated carbocycles. The third-order valence-electron chi connectivity index (χ3n) is 2.85. The van der Waals surface area contributed by atoms with Gasteiger partial charge in [0.15, 0.2) is 0 Å². The number of carboxylic acids is 1. The number of hydrogen-bond donors (Lipinski definition) is 1. The number of hydrogen-bond acceptors (Lipinski definition) is 3. The Balaban J connectivity index is 2.37. The van der Waals surface area contributed by atoms with E-state index in [0.29, 0.717) is 19.1 Å². The Hall–Kier alpha value is -1.10. The zero-order chi connectivity index (χ0) is 11.4. The molecule has 0 radical (unpaired) electrons. The van der Waals surface area contributed by atoms with Crippen LogP contribution in [-0.4, -0.2) is 60.0 Å². The smallest absolute Gasteiger partial charge is 0.312 e. The highest BCUT2D eigenvalue weighted by molar-refractivity contribution is 5.93. The Morgan fingerprint density at radius 3 is 2.27 bits per heavy atom. The second-order valence-electron chi connectivity index (χ2n) is 4.15. The lowest BCUT2D eigenvalue weighted by atomic mass is 10.0. The first kappa shape index (κ1) is 12.0. The molecule has 1 aliphatic heterocycles. The Bertz CT molecular complexity index is 245. The fourth-order valence-electron chi connectivity index (χ4n) is 1.87. The molecule has 86 valence electrons. The van der Waals surface area contributed by atoms with E-state index in [4.69, 9.17) is 5.11 Å². The molecule has 0 unspecified atom stereocenters. The summed E-state index contributed by atoms with van der Waals surface area (Å²) < 4.78 is 0. The van der Waals surface area contributed by atoms with Crippen molar-refractivity contribution in [2.75, 3.05) is 27.2 Å². The average molecular weight is 214 g/mol. The number of nitrogens with zero attached hydrogens (tertiary/aromatic N) is 2. The van der Waals surface area contributed by atoms with E-state index < -0.39 is 5.97 Å². The van der Waals surface area contributed by atoms with Gasteiger partial charge in [-0.05, 0) is 26.9 Å². The number of piperidine rings is 1. The topological polar surface area (TPSA) is 60.9 Å². The second kappa shape index (κ2) is 5.11. The average Bonchev–Trinajstić information content (AvgIpc) is 2.17. The lowest BCUT2D eigenvalue weighted by Gasteiger charge is -2.35. The molecule has 0 spiro atoms. The van der Waals surface area contributed by atoms with Crippen molar-refractivity contribution in [3.63, 3.8) is 0 Å². The molecule has 0 aromatic heterocycles. The minimum atomic E-state index is -1.05. The van der Waals surface area contributed by atoms with E-state index in [1.165, 1.54) is 0 Å². The van der Waals surface area contributed by atoms with E-state index in [0.717, 1.165) is 12.8 Å². The van der Waals surface area contributed by atoms with Crippen molar-refractivity contribution in [2.24, 2.45) is 0 Å². The molecule has 15 heavy (non-hydrogen) atoms. The van der Waals surface area contributed by atoms with Gasteiger partial charge in [0.1, 0.15) is 6.42 Å². The Morgan fingerprint density at radius 1 is 1.33 bits per heavy atom. The summed E-state index contributed by atoms with van der Waals surface area (Å²) in [6, 6.07) is 0.513. The van der Waals surface area contributed by atoms with Gasteiger partial charge in [-0.15, -0.1) is 0 Å². The van der Waals surface area contributed by atoms with E-state index in [1.54, 1.807) is 4.90 Å². The van der Waals surface area contributed by atoms with Crippen molar-refractivity contribution < 1.29 is 14.7 Å². The number of carboxylic acid groups (broad SMARTS) is 1. The van der Waals surface area contributed by atoms with E-state index in [1.807, 2.05) is 14.1 Å². The number of aliphatic carboxylic acids is 1. The minimum absolute atomic E-state index is 0.264. The van der Waals surface area contributed by atoms with Crippen molar-refractivity contribution in [3.05, 3.63) is 0 Å². The summed E-state index contributed by atoms with van der Waals surface area (Å²) in [7, 11) is 4.05. The van der Waals surface area contributed by atoms with Crippen LogP contribution < -0.4 is 0 Å². The van der Waals surface area contributed by atoms with Crippen molar-refractivity contribution in [3.8, 4) is 0 Å². The van der Waals surface area contributed by atoms with E-state index in [2.05, 4.69) is 4.90 Å². The maximum absolute atomic E-state index is 11.4. The lowest BCUT2D eigenvalue weighted by Crippen LogP contribution is -2.44. The van der Waals surface area contributed by atoms with E-state index >= 15 is 0 Å². The highest BCUT2D eigenvalue weighted by Crippen LogP contribution is 2.14. The van der Waals surface area contributed by atoms with Gasteiger partial charge >= 0.3 is 5.97 Å². The van der Waals surface area contributed by atoms with Gasteiger partial charge in [0.25, 0.3) is 0 Å². The normalized spacial score (nSPS) is 18.2. The Labute approximate surface area is 89.7 Å². The number of likely N-dealkylation sites (tertiary alicyclic amines) is 1. The third kappa shape index (κ3) is 3.51. The van der Waals surface area contributed by atoms with Crippen LogP contribution in [0.1, 0.15) is 19.3 Å². The molecule has 0 aliphatic carbocycles. The van der Waals surface area contributed by atoms with Gasteiger partial charge < -0.3 is 14.9 Å². The first-order valence-corrected chi connectivity index (χ1v) is 5.16. The van der Waals surface area contributed by atoms with Gasteiger partial charge in [-0.3, -0.25) is 9.59 Å². The quantitative estimate of drug-likeness (QED) is 0.672. The number of amides is 1. The van der Waals surface area contributed by atoms with Gasteiger partial charge in [-0.2, -0.15) is 0 Å². The van der Waals surface area contributed by atoms with Crippen molar-refractivity contribution in [1.29, 1.82) is 0 Å². The van der Waals surface area contributed by atoms with Gasteiger partial charge in [0.2, 0.25) is 5.91 Å². The molecule has 0 atom stereocenters. The third-order valence-corrected chi connectivity index (χ3v) is 2.85. The Kier molecular flexibility index (Phi) is 4.08. The van der Waals surface area contributed by atoms with Gasteiger partial charge in [0.05, 0.1) is 0 Å². The molecule has 5 nitrogen and oxygen atoms in total. The van der Waals surface area contributed by atoms with Crippen LogP contribution >= 0.6 is 0 Å². The fourth-order valence-corrected chi connectivity index (χ4v) is 1.87. The maximum Gasteiger partial charge on any atom is 0.312 e. The molecule has 1 N–H and O–H groups in total. The zero-order valence-electron chi connectivity index (χ0n) is 9.27. The predicted octanol–water partition coefficient (Wildman–Crippen LogP) is 0.0137. The lowest BCUT2D eigenvalue weighted by molar-refractivity contribution is -0.144. The predicted molar refractivity (Wildman–Crippen MR) is 55.5 cm³/mol. The molecule has 1 fully saturated rings. The molecule has 1 heterocycles. The SMILES string of the molecule is CN(C)C1CCN(C(=O)CC(=O)O)CC1. The molecule has 0 aromatic carbocycles. The summed E-state index contributed by atoms with van der Waals surface area (Å²) in [4.78, 5) is 25.6. The summed E-state index contributed by atoms with van der Waals surface area (Å²) in [6.07, 6.45) is 1.48. The van der Waals surface area contributed by atoms with Crippen LogP contribution in [0.5, 0.6) is 0 Å². The molecule has 5 heteroatoms. The van der Waals surface area contributed by atoms with Crippen LogP contribution in [0.2, 0.25) is 0 Å². The number of rotatable bonds is 3. The molecular weight excluding hydrogens is 196 g/mol. The molecule has 1 rings (SSSR count). The largest absolute Gasteiger partial charge is 0.481 e. The first-order chi connectivity index (χ1) is 7.00. The van der Waals surface area contributed by atoms with E-state index in [9.17, 15) is 9.59 Å². The van der Waals surface area contributed by atoms with Gasteiger partial charge in [-0.25, -0.2) is 0 Å². The molecular formula is C10H18N2O3. The van der Waals surface area contributed by atoms with Crippen LogP contribution in [0, 0.1) is 0 Å². The number of carbonyl (C=O) groups excluding carboxylic acids is 1. The van der Waals surface area contributed by atoms with Crippen molar-refractivity contribution >= 4 is 11.9 Å². The second-order valence-corrected chi connectivity index (χ2v) is 4.15. The van der Waals surface area contributed by atoms with E-state index in [-0.39, 0.29) is 12.3 Å². The highest BCUT2D eigenvalue weighted by atomic mass is 16.4. The highest BCUT2D eigenvalue weighted by Gasteiger charge is 2.24. The first-order valence-electron chi connectivity index (χ1n) is 5.16. The summed E-state index contributed by atoms with van der Waals surface area (Å²) in [6.45, 7) is 1.35. The van der Waals surface area contributed by atoms with Crippen LogP contribution in [0.3, 0.4) is 0 Å². The fraction of sp³-hybridized carbons (Fsp3) is 0.800. The van der Waals surface area contributed by atoms with Gasteiger partial charge in [0, 0.05) is 19.1 Å². The summed E-state index contributed by atoms with van der Waals surface area (Å²) in [5.74, 6) is -1.31. The van der Waals surface area contributed by atoms with Crippen LogP contribution in [0.15, 0.2) is 0 Å². The molecule has 0 aromatic rings. The van der Waals surface area contributed by atoms with Crippen LogP contribution in [0.25, 0.3) is 0 Å².